The Morgan fingerprint density at radius 1 is 1.05 bits per heavy atom. The van der Waals surface area contributed by atoms with E-state index in [2.05, 4.69) is 24.1 Å². The molecule has 0 spiro atoms. The lowest BCUT2D eigenvalue weighted by molar-refractivity contribution is -0.133. The fourth-order valence-corrected chi connectivity index (χ4v) is 6.70. The van der Waals surface area contributed by atoms with Gasteiger partial charge in [-0.2, -0.15) is 0 Å². The Labute approximate surface area is 249 Å². The SMILES string of the molecule is COc1ccc2cc3n(c2c1)C[C@](C)(C(=O)NCCCN1C[C@H](C)C[C@@H](C)C1)N(Cc1ccc(OC(C)C)cc1)C3=O. The molecule has 3 heterocycles. The minimum absolute atomic E-state index is 0.0776. The van der Waals surface area contributed by atoms with Crippen LogP contribution in [-0.4, -0.2) is 71.1 Å². The Kier molecular flexibility index (Phi) is 8.83. The lowest BCUT2D eigenvalue weighted by atomic mass is 9.92. The summed E-state index contributed by atoms with van der Waals surface area (Å²) in [6.07, 6.45) is 2.24. The highest BCUT2D eigenvalue weighted by Crippen LogP contribution is 2.35. The fourth-order valence-electron chi connectivity index (χ4n) is 6.70. The summed E-state index contributed by atoms with van der Waals surface area (Å²) < 4.78 is 13.3. The molecule has 42 heavy (non-hydrogen) atoms. The molecule has 8 nitrogen and oxygen atoms in total. The summed E-state index contributed by atoms with van der Waals surface area (Å²) in [6.45, 7) is 15.0. The van der Waals surface area contributed by atoms with Crippen LogP contribution in [0.1, 0.15) is 63.5 Å². The van der Waals surface area contributed by atoms with Crippen LogP contribution in [0.15, 0.2) is 48.5 Å². The molecule has 1 aromatic heterocycles. The minimum atomic E-state index is -1.08. The van der Waals surface area contributed by atoms with Gasteiger partial charge in [0, 0.05) is 37.6 Å². The van der Waals surface area contributed by atoms with Crippen molar-refractivity contribution >= 4 is 22.7 Å². The molecule has 3 atom stereocenters. The van der Waals surface area contributed by atoms with Crippen LogP contribution in [0.5, 0.6) is 11.5 Å². The quantitative estimate of drug-likeness (QED) is 0.331. The van der Waals surface area contributed by atoms with Crippen molar-refractivity contribution < 1.29 is 19.1 Å². The average molecular weight is 575 g/mol. The molecule has 3 aromatic rings. The minimum Gasteiger partial charge on any atom is -0.497 e. The van der Waals surface area contributed by atoms with Gasteiger partial charge in [-0.25, -0.2) is 0 Å². The second-order valence-corrected chi connectivity index (χ2v) is 12.8. The maximum Gasteiger partial charge on any atom is 0.271 e. The number of methoxy groups -OCH3 is 1. The Morgan fingerprint density at radius 2 is 1.74 bits per heavy atom. The molecule has 226 valence electrons. The highest BCUT2D eigenvalue weighted by molar-refractivity contribution is 6.03. The number of fused-ring (bicyclic) bond motifs is 3. The van der Waals surface area contributed by atoms with Gasteiger partial charge in [0.05, 0.1) is 25.3 Å². The molecule has 5 rings (SSSR count). The highest BCUT2D eigenvalue weighted by Gasteiger charge is 2.47. The average Bonchev–Trinajstić information content (AvgIpc) is 3.30. The molecule has 0 bridgehead atoms. The molecule has 2 aromatic carbocycles. The topological polar surface area (TPSA) is 76.0 Å². The summed E-state index contributed by atoms with van der Waals surface area (Å²) in [7, 11) is 1.63. The first kappa shape index (κ1) is 30.0. The molecule has 2 aliphatic rings. The van der Waals surface area contributed by atoms with Crippen molar-refractivity contribution in [3.63, 3.8) is 0 Å². The number of piperidine rings is 1. The second-order valence-electron chi connectivity index (χ2n) is 12.8. The number of nitrogens with zero attached hydrogens (tertiary/aromatic N) is 3. The first-order chi connectivity index (χ1) is 20.1. The van der Waals surface area contributed by atoms with Crippen LogP contribution in [0, 0.1) is 11.8 Å². The van der Waals surface area contributed by atoms with Crippen molar-refractivity contribution in [1.82, 2.24) is 19.7 Å². The number of likely N-dealkylation sites (tertiary alicyclic amines) is 1. The van der Waals surface area contributed by atoms with Gasteiger partial charge in [0.15, 0.2) is 0 Å². The van der Waals surface area contributed by atoms with Gasteiger partial charge < -0.3 is 29.2 Å². The van der Waals surface area contributed by atoms with E-state index >= 15 is 0 Å². The standard InChI is InChI=1S/C34H46N4O4/c1-23(2)42-28-11-8-26(9-12-28)21-38-32(39)31-17-27-10-13-29(41-6)18-30(27)37(31)22-34(38,5)33(40)35-14-7-15-36-19-24(3)16-25(4)20-36/h8-13,17-18,23-25H,7,14-16,19-22H2,1-6H3,(H,35,40)/t24-,25-,34-/m1/s1. The summed E-state index contributed by atoms with van der Waals surface area (Å²) in [6, 6.07) is 15.5. The molecule has 1 fully saturated rings. The van der Waals surface area contributed by atoms with E-state index in [0.29, 0.717) is 37.2 Å². The first-order valence-corrected chi connectivity index (χ1v) is 15.3. The van der Waals surface area contributed by atoms with Crippen LogP contribution in [0.3, 0.4) is 0 Å². The van der Waals surface area contributed by atoms with Gasteiger partial charge in [-0.3, -0.25) is 9.59 Å². The number of ether oxygens (including phenoxy) is 2. The van der Waals surface area contributed by atoms with Crippen LogP contribution in [0.2, 0.25) is 0 Å². The van der Waals surface area contributed by atoms with E-state index in [0.717, 1.165) is 54.0 Å². The Balaban J connectivity index is 1.38. The van der Waals surface area contributed by atoms with E-state index in [1.54, 1.807) is 12.0 Å². The lowest BCUT2D eigenvalue weighted by Crippen LogP contribution is -2.63. The summed E-state index contributed by atoms with van der Waals surface area (Å²) in [5.74, 6) is 2.62. The molecule has 0 unspecified atom stereocenters. The van der Waals surface area contributed by atoms with Crippen LogP contribution in [0.4, 0.5) is 0 Å². The van der Waals surface area contributed by atoms with Crippen molar-refractivity contribution in [1.29, 1.82) is 0 Å². The normalized spacial score (nSPS) is 22.8. The van der Waals surface area contributed by atoms with Gasteiger partial charge in [-0.15, -0.1) is 0 Å². The highest BCUT2D eigenvalue weighted by atomic mass is 16.5. The molecule has 0 saturated carbocycles. The maximum absolute atomic E-state index is 14.1. The number of hydrogen-bond acceptors (Lipinski definition) is 5. The Morgan fingerprint density at radius 3 is 2.40 bits per heavy atom. The van der Waals surface area contributed by atoms with E-state index in [1.807, 2.05) is 73.9 Å². The van der Waals surface area contributed by atoms with Crippen molar-refractivity contribution in [3.05, 3.63) is 59.8 Å². The van der Waals surface area contributed by atoms with Gasteiger partial charge in [0.2, 0.25) is 5.91 Å². The maximum atomic E-state index is 14.1. The summed E-state index contributed by atoms with van der Waals surface area (Å²) in [5.41, 5.74) is 1.33. The van der Waals surface area contributed by atoms with Gasteiger partial charge in [0.1, 0.15) is 22.7 Å². The zero-order chi connectivity index (χ0) is 30.0. The zero-order valence-corrected chi connectivity index (χ0v) is 26.0. The van der Waals surface area contributed by atoms with Gasteiger partial charge in [0.25, 0.3) is 5.91 Å². The van der Waals surface area contributed by atoms with E-state index in [9.17, 15) is 9.59 Å². The van der Waals surface area contributed by atoms with Gasteiger partial charge >= 0.3 is 0 Å². The Hall–Kier alpha value is -3.52. The number of rotatable bonds is 10. The first-order valence-electron chi connectivity index (χ1n) is 15.3. The largest absolute Gasteiger partial charge is 0.497 e. The molecule has 1 N–H and O–H groups in total. The monoisotopic (exact) mass is 574 g/mol. The zero-order valence-electron chi connectivity index (χ0n) is 26.0. The summed E-state index contributed by atoms with van der Waals surface area (Å²) >= 11 is 0. The molecule has 2 aliphatic heterocycles. The lowest BCUT2D eigenvalue weighted by Gasteiger charge is -2.44. The van der Waals surface area contributed by atoms with E-state index in [1.165, 1.54) is 6.42 Å². The van der Waals surface area contributed by atoms with Crippen molar-refractivity contribution in [2.75, 3.05) is 33.3 Å². The number of nitrogens with one attached hydrogen (secondary N) is 1. The number of amides is 2. The van der Waals surface area contributed by atoms with E-state index in [4.69, 9.17) is 9.47 Å². The van der Waals surface area contributed by atoms with Gasteiger partial charge in [-0.05, 0) is 87.9 Å². The van der Waals surface area contributed by atoms with Crippen LogP contribution in [0.25, 0.3) is 10.9 Å². The smallest absolute Gasteiger partial charge is 0.271 e. The predicted octanol–water partition coefficient (Wildman–Crippen LogP) is 5.34. The van der Waals surface area contributed by atoms with Crippen molar-refractivity contribution in [2.45, 2.75) is 72.2 Å². The molecule has 8 heteroatoms. The molecule has 0 aliphatic carbocycles. The predicted molar refractivity (Wildman–Crippen MR) is 166 cm³/mol. The number of carbonyl (C=O) groups is 2. The molecule has 1 saturated heterocycles. The number of benzene rings is 2. The number of hydrogen-bond donors (Lipinski definition) is 1. The van der Waals surface area contributed by atoms with E-state index in [-0.39, 0.29) is 17.9 Å². The van der Waals surface area contributed by atoms with Crippen molar-refractivity contribution in [3.8, 4) is 11.5 Å². The van der Waals surface area contributed by atoms with Crippen LogP contribution < -0.4 is 14.8 Å². The number of carbonyl (C=O) groups excluding carboxylic acids is 2. The van der Waals surface area contributed by atoms with E-state index < -0.39 is 5.54 Å². The summed E-state index contributed by atoms with van der Waals surface area (Å²) in [5, 5.41) is 4.15. The third kappa shape index (κ3) is 6.28. The van der Waals surface area contributed by atoms with Crippen LogP contribution in [-0.2, 0) is 17.9 Å². The molecular weight excluding hydrogens is 528 g/mol. The third-order valence-corrected chi connectivity index (χ3v) is 8.64. The van der Waals surface area contributed by atoms with Gasteiger partial charge in [-0.1, -0.05) is 26.0 Å². The summed E-state index contributed by atoms with van der Waals surface area (Å²) in [4.78, 5) is 32.4. The molecule has 2 amide bonds. The molecular formula is C34H46N4O4. The van der Waals surface area contributed by atoms with Crippen LogP contribution >= 0.6 is 0 Å². The third-order valence-electron chi connectivity index (χ3n) is 8.64. The number of aromatic nitrogens is 1. The molecule has 0 radical (unpaired) electrons. The van der Waals surface area contributed by atoms with Crippen molar-refractivity contribution in [2.24, 2.45) is 11.8 Å². The Bertz CT molecular complexity index is 1400. The fraction of sp³-hybridized carbons (Fsp3) is 0.529. The second kappa shape index (κ2) is 12.4.